The third kappa shape index (κ3) is 3.15. The summed E-state index contributed by atoms with van der Waals surface area (Å²) in [4.78, 5) is 24.1. The number of benzene rings is 2. The molecular weight excluding hydrogens is 304 g/mol. The lowest BCUT2D eigenvalue weighted by molar-refractivity contribution is -0.139. The van der Waals surface area contributed by atoms with E-state index in [-0.39, 0.29) is 12.3 Å². The molecule has 0 radical (unpaired) electrons. The van der Waals surface area contributed by atoms with E-state index >= 15 is 0 Å². The number of rotatable bonds is 5. The van der Waals surface area contributed by atoms with E-state index in [2.05, 4.69) is 5.32 Å². The normalized spacial score (nSPS) is 12.0. The summed E-state index contributed by atoms with van der Waals surface area (Å²) in [5.74, 6) is -1.43. The number of hydrogen-bond donors (Lipinski definition) is 2. The number of hydrogen-bond acceptors (Lipinski definition) is 2. The maximum atomic E-state index is 12.6. The van der Waals surface area contributed by atoms with E-state index in [4.69, 9.17) is 0 Å². The van der Waals surface area contributed by atoms with Crippen molar-refractivity contribution >= 4 is 22.8 Å². The van der Waals surface area contributed by atoms with Gasteiger partial charge in [0.1, 0.15) is 6.04 Å². The van der Waals surface area contributed by atoms with Crippen LogP contribution >= 0.6 is 0 Å². The molecule has 5 nitrogen and oxygen atoms in total. The van der Waals surface area contributed by atoms with Gasteiger partial charge < -0.3 is 15.0 Å². The van der Waals surface area contributed by atoms with Crippen LogP contribution in [0.4, 0.5) is 0 Å². The fraction of sp³-hybridized carbons (Fsp3) is 0.158. The van der Waals surface area contributed by atoms with Gasteiger partial charge in [0.05, 0.1) is 0 Å². The first-order chi connectivity index (χ1) is 11.6. The molecule has 0 fully saturated rings. The summed E-state index contributed by atoms with van der Waals surface area (Å²) in [7, 11) is 1.90. The van der Waals surface area contributed by atoms with Crippen molar-refractivity contribution in [3.8, 4) is 0 Å². The van der Waals surface area contributed by atoms with E-state index < -0.39 is 12.0 Å². The number of aryl methyl sites for hydroxylation is 1. The van der Waals surface area contributed by atoms with Gasteiger partial charge in [0.25, 0.3) is 5.91 Å². The van der Waals surface area contributed by atoms with E-state index in [1.807, 2.05) is 60.3 Å². The van der Waals surface area contributed by atoms with Gasteiger partial charge in [-0.15, -0.1) is 0 Å². The molecule has 1 amide bonds. The lowest BCUT2D eigenvalue weighted by atomic mass is 10.0. The van der Waals surface area contributed by atoms with E-state index in [0.717, 1.165) is 16.5 Å². The van der Waals surface area contributed by atoms with E-state index in [9.17, 15) is 14.7 Å². The Balaban J connectivity index is 1.84. The van der Waals surface area contributed by atoms with Crippen LogP contribution in [0.15, 0.2) is 60.8 Å². The van der Waals surface area contributed by atoms with Gasteiger partial charge >= 0.3 is 5.97 Å². The number of nitrogens with zero attached hydrogens (tertiary/aromatic N) is 1. The molecule has 2 aromatic carbocycles. The lowest BCUT2D eigenvalue weighted by Crippen LogP contribution is -2.42. The highest BCUT2D eigenvalue weighted by Gasteiger charge is 2.22. The van der Waals surface area contributed by atoms with E-state index in [1.54, 1.807) is 12.1 Å². The second kappa shape index (κ2) is 6.58. The van der Waals surface area contributed by atoms with Crippen LogP contribution in [0.2, 0.25) is 0 Å². The first kappa shape index (κ1) is 15.8. The molecule has 0 saturated carbocycles. The number of carbonyl (C=O) groups is 2. The van der Waals surface area contributed by atoms with Crippen LogP contribution in [0.5, 0.6) is 0 Å². The van der Waals surface area contributed by atoms with Gasteiger partial charge in [0, 0.05) is 36.1 Å². The van der Waals surface area contributed by atoms with Gasteiger partial charge in [-0.2, -0.15) is 0 Å². The number of nitrogens with one attached hydrogen (secondary N) is 1. The summed E-state index contributed by atoms with van der Waals surface area (Å²) in [6, 6.07) is 15.6. The average Bonchev–Trinajstić information content (AvgIpc) is 2.96. The van der Waals surface area contributed by atoms with Crippen molar-refractivity contribution in [1.29, 1.82) is 0 Å². The second-order valence-electron chi connectivity index (χ2n) is 5.72. The Kier molecular flexibility index (Phi) is 4.33. The van der Waals surface area contributed by atoms with Crippen LogP contribution in [0, 0.1) is 0 Å². The van der Waals surface area contributed by atoms with Crippen LogP contribution in [0.1, 0.15) is 15.9 Å². The maximum Gasteiger partial charge on any atom is 0.326 e. The SMILES string of the molecule is Cn1ccc2c(C(=O)N[C@@H](Cc3ccccc3)C(=O)O)cccc21. The number of amides is 1. The largest absolute Gasteiger partial charge is 0.480 e. The first-order valence-corrected chi connectivity index (χ1v) is 7.68. The molecule has 0 aliphatic heterocycles. The molecule has 24 heavy (non-hydrogen) atoms. The quantitative estimate of drug-likeness (QED) is 0.758. The Labute approximate surface area is 139 Å². The fourth-order valence-electron chi connectivity index (χ4n) is 2.79. The van der Waals surface area contributed by atoms with Crippen molar-refractivity contribution < 1.29 is 14.7 Å². The van der Waals surface area contributed by atoms with Crippen LogP contribution < -0.4 is 5.32 Å². The zero-order chi connectivity index (χ0) is 17.1. The van der Waals surface area contributed by atoms with Crippen molar-refractivity contribution in [2.75, 3.05) is 0 Å². The highest BCUT2D eigenvalue weighted by atomic mass is 16.4. The number of fused-ring (bicyclic) bond motifs is 1. The van der Waals surface area contributed by atoms with E-state index in [1.165, 1.54) is 0 Å². The third-order valence-electron chi connectivity index (χ3n) is 4.06. The Morgan fingerprint density at radius 3 is 2.54 bits per heavy atom. The maximum absolute atomic E-state index is 12.6. The summed E-state index contributed by atoms with van der Waals surface area (Å²) in [5, 5.41) is 12.9. The number of carbonyl (C=O) groups excluding carboxylic acids is 1. The molecule has 122 valence electrons. The Morgan fingerprint density at radius 2 is 1.83 bits per heavy atom. The second-order valence-corrected chi connectivity index (χ2v) is 5.72. The van der Waals surface area contributed by atoms with Gasteiger partial charge in [0.2, 0.25) is 0 Å². The molecule has 1 aromatic heterocycles. The lowest BCUT2D eigenvalue weighted by Gasteiger charge is -2.15. The minimum Gasteiger partial charge on any atom is -0.480 e. The first-order valence-electron chi connectivity index (χ1n) is 7.68. The molecule has 0 aliphatic carbocycles. The third-order valence-corrected chi connectivity index (χ3v) is 4.06. The van der Waals surface area contributed by atoms with Crippen LogP contribution in [0.25, 0.3) is 10.9 Å². The van der Waals surface area contributed by atoms with Crippen molar-refractivity contribution in [2.45, 2.75) is 12.5 Å². The zero-order valence-corrected chi connectivity index (χ0v) is 13.3. The summed E-state index contributed by atoms with van der Waals surface area (Å²) in [5.41, 5.74) is 2.27. The number of carboxylic acid groups (broad SMARTS) is 1. The van der Waals surface area contributed by atoms with Crippen molar-refractivity contribution in [1.82, 2.24) is 9.88 Å². The predicted molar refractivity (Wildman–Crippen MR) is 92.0 cm³/mol. The predicted octanol–water partition coefficient (Wildman–Crippen LogP) is 2.60. The minimum absolute atomic E-state index is 0.243. The molecule has 0 aliphatic rings. The summed E-state index contributed by atoms with van der Waals surface area (Å²) < 4.78 is 1.92. The number of aliphatic carboxylic acids is 1. The highest BCUT2D eigenvalue weighted by Crippen LogP contribution is 2.19. The Bertz CT molecular complexity index is 884. The minimum atomic E-state index is -1.05. The summed E-state index contributed by atoms with van der Waals surface area (Å²) in [6.07, 6.45) is 2.12. The highest BCUT2D eigenvalue weighted by molar-refractivity contribution is 6.07. The molecule has 1 atom stereocenters. The van der Waals surface area contributed by atoms with Gasteiger partial charge in [0.15, 0.2) is 0 Å². The van der Waals surface area contributed by atoms with Crippen LogP contribution in [0.3, 0.4) is 0 Å². The Hall–Kier alpha value is -3.08. The monoisotopic (exact) mass is 322 g/mol. The van der Waals surface area contributed by atoms with Gasteiger partial charge in [-0.05, 0) is 23.8 Å². The smallest absolute Gasteiger partial charge is 0.326 e. The molecule has 0 unspecified atom stereocenters. The van der Waals surface area contributed by atoms with Gasteiger partial charge in [-0.3, -0.25) is 4.79 Å². The zero-order valence-electron chi connectivity index (χ0n) is 13.3. The topological polar surface area (TPSA) is 71.3 Å². The van der Waals surface area contributed by atoms with E-state index in [0.29, 0.717) is 5.56 Å². The number of aromatic nitrogens is 1. The van der Waals surface area contributed by atoms with Gasteiger partial charge in [-0.25, -0.2) is 4.79 Å². The molecule has 1 heterocycles. The summed E-state index contributed by atoms with van der Waals surface area (Å²) in [6.45, 7) is 0. The molecule has 0 spiro atoms. The fourth-order valence-corrected chi connectivity index (χ4v) is 2.79. The molecule has 3 rings (SSSR count). The average molecular weight is 322 g/mol. The number of carboxylic acids is 1. The van der Waals surface area contributed by atoms with Crippen molar-refractivity contribution in [2.24, 2.45) is 7.05 Å². The van der Waals surface area contributed by atoms with Crippen molar-refractivity contribution in [3.63, 3.8) is 0 Å². The molecule has 5 heteroatoms. The standard InChI is InChI=1S/C19H18N2O3/c1-21-11-10-14-15(8-5-9-17(14)21)18(22)20-16(19(23)24)12-13-6-3-2-4-7-13/h2-11,16H,12H2,1H3,(H,20,22)(H,23,24)/t16-/m0/s1. The molecule has 0 bridgehead atoms. The summed E-state index contributed by atoms with van der Waals surface area (Å²) >= 11 is 0. The molecule has 3 aromatic rings. The van der Waals surface area contributed by atoms with Gasteiger partial charge in [-0.1, -0.05) is 36.4 Å². The van der Waals surface area contributed by atoms with Crippen molar-refractivity contribution in [3.05, 3.63) is 71.9 Å². The van der Waals surface area contributed by atoms with Crippen LogP contribution in [-0.4, -0.2) is 27.6 Å². The molecule has 2 N–H and O–H groups in total. The molecule has 0 saturated heterocycles. The Morgan fingerprint density at radius 1 is 1.08 bits per heavy atom. The molecular formula is C19H18N2O3. The van der Waals surface area contributed by atoms with Crippen LogP contribution in [-0.2, 0) is 18.3 Å².